The van der Waals surface area contributed by atoms with E-state index >= 15 is 0 Å². The Morgan fingerprint density at radius 1 is 1.08 bits per heavy atom. The van der Waals surface area contributed by atoms with Crippen molar-refractivity contribution in [2.75, 3.05) is 31.1 Å². The van der Waals surface area contributed by atoms with Crippen molar-refractivity contribution in [2.24, 2.45) is 7.05 Å². The molecule has 1 aliphatic heterocycles. The van der Waals surface area contributed by atoms with Crippen LogP contribution in [0, 0.1) is 6.92 Å². The lowest BCUT2D eigenvalue weighted by Gasteiger charge is -2.35. The summed E-state index contributed by atoms with van der Waals surface area (Å²) in [6, 6.07) is 8.16. The largest absolute Gasteiger partial charge is 0.352 e. The van der Waals surface area contributed by atoms with Crippen LogP contribution in [0.3, 0.4) is 0 Å². The average molecular weight is 350 g/mol. The zero-order valence-electron chi connectivity index (χ0n) is 15.1. The number of aryl methyl sites for hydroxylation is 2. The van der Waals surface area contributed by atoms with Crippen molar-refractivity contribution < 1.29 is 4.79 Å². The first-order chi connectivity index (χ1) is 12.6. The third-order valence-electron chi connectivity index (χ3n) is 4.92. The number of carbonyl (C=O) groups excluding carboxylic acids is 1. The number of benzene rings is 1. The molecule has 7 nitrogen and oxygen atoms in total. The summed E-state index contributed by atoms with van der Waals surface area (Å²) in [7, 11) is 1.88. The van der Waals surface area contributed by atoms with Gasteiger partial charge in [0.2, 0.25) is 5.91 Å². The maximum atomic E-state index is 12.6. The Kier molecular flexibility index (Phi) is 4.28. The Balaban J connectivity index is 1.42. The van der Waals surface area contributed by atoms with Crippen LogP contribution in [-0.4, -0.2) is 56.7 Å². The monoisotopic (exact) mass is 350 g/mol. The Bertz CT molecular complexity index is 925. The quantitative estimate of drug-likeness (QED) is 0.717. The molecule has 0 bridgehead atoms. The highest BCUT2D eigenvalue weighted by Gasteiger charge is 2.23. The van der Waals surface area contributed by atoms with Gasteiger partial charge in [0.15, 0.2) is 5.65 Å². The van der Waals surface area contributed by atoms with Crippen LogP contribution >= 0.6 is 0 Å². The highest BCUT2D eigenvalue weighted by Crippen LogP contribution is 2.23. The molecule has 0 atom stereocenters. The van der Waals surface area contributed by atoms with E-state index in [0.717, 1.165) is 35.5 Å². The van der Waals surface area contributed by atoms with E-state index in [9.17, 15) is 4.79 Å². The van der Waals surface area contributed by atoms with Gasteiger partial charge in [0.05, 0.1) is 18.0 Å². The second-order valence-corrected chi connectivity index (χ2v) is 6.73. The molecule has 2 aromatic heterocycles. The Morgan fingerprint density at radius 2 is 1.81 bits per heavy atom. The molecule has 3 aromatic rings. The summed E-state index contributed by atoms with van der Waals surface area (Å²) in [6.45, 7) is 4.99. The van der Waals surface area contributed by atoms with E-state index in [0.29, 0.717) is 19.5 Å². The van der Waals surface area contributed by atoms with Crippen LogP contribution in [0.4, 0.5) is 5.82 Å². The van der Waals surface area contributed by atoms with Crippen molar-refractivity contribution in [3.05, 3.63) is 47.9 Å². The summed E-state index contributed by atoms with van der Waals surface area (Å²) in [5.41, 5.74) is 3.10. The topological polar surface area (TPSA) is 67.2 Å². The van der Waals surface area contributed by atoms with Crippen molar-refractivity contribution >= 4 is 22.8 Å². The third-order valence-corrected chi connectivity index (χ3v) is 4.92. The number of amides is 1. The first-order valence-electron chi connectivity index (χ1n) is 8.83. The number of hydrogen-bond donors (Lipinski definition) is 0. The molecular weight excluding hydrogens is 328 g/mol. The second-order valence-electron chi connectivity index (χ2n) is 6.73. The van der Waals surface area contributed by atoms with Crippen LogP contribution in [0.25, 0.3) is 11.0 Å². The van der Waals surface area contributed by atoms with Gasteiger partial charge in [0.25, 0.3) is 0 Å². The summed E-state index contributed by atoms with van der Waals surface area (Å²) in [6.07, 6.45) is 3.84. The van der Waals surface area contributed by atoms with Crippen molar-refractivity contribution in [3.63, 3.8) is 0 Å². The van der Waals surface area contributed by atoms with Gasteiger partial charge in [-0.05, 0) is 12.5 Å². The van der Waals surface area contributed by atoms with E-state index in [4.69, 9.17) is 0 Å². The normalized spacial score (nSPS) is 14.8. The molecule has 0 aliphatic carbocycles. The molecule has 1 fully saturated rings. The zero-order valence-corrected chi connectivity index (χ0v) is 15.1. The maximum absolute atomic E-state index is 12.6. The van der Waals surface area contributed by atoms with Gasteiger partial charge >= 0.3 is 0 Å². The predicted octanol–water partition coefficient (Wildman–Crippen LogP) is 1.56. The van der Waals surface area contributed by atoms with Gasteiger partial charge in [-0.2, -0.15) is 5.10 Å². The summed E-state index contributed by atoms with van der Waals surface area (Å²) in [5, 5.41) is 5.22. The van der Waals surface area contributed by atoms with E-state index in [1.54, 1.807) is 17.2 Å². The van der Waals surface area contributed by atoms with E-state index in [1.165, 1.54) is 5.56 Å². The maximum Gasteiger partial charge on any atom is 0.227 e. The Hall–Kier alpha value is -2.96. The summed E-state index contributed by atoms with van der Waals surface area (Å²) >= 11 is 0. The number of fused-ring (bicyclic) bond motifs is 1. The van der Waals surface area contributed by atoms with Crippen LogP contribution < -0.4 is 4.90 Å². The highest BCUT2D eigenvalue weighted by molar-refractivity contribution is 5.87. The van der Waals surface area contributed by atoms with E-state index in [1.807, 2.05) is 24.1 Å². The summed E-state index contributed by atoms with van der Waals surface area (Å²) < 4.78 is 1.75. The molecule has 0 unspecified atom stereocenters. The minimum Gasteiger partial charge on any atom is -0.352 e. The second kappa shape index (κ2) is 6.74. The molecule has 0 saturated carbocycles. The lowest BCUT2D eigenvalue weighted by molar-refractivity contribution is -0.130. The van der Waals surface area contributed by atoms with Crippen LogP contribution in [-0.2, 0) is 18.3 Å². The minimum absolute atomic E-state index is 0.183. The van der Waals surface area contributed by atoms with Gasteiger partial charge in [-0.15, -0.1) is 0 Å². The Labute approximate surface area is 152 Å². The minimum atomic E-state index is 0.183. The summed E-state index contributed by atoms with van der Waals surface area (Å²) in [5.74, 6) is 1.08. The number of nitrogens with zero attached hydrogens (tertiary/aromatic N) is 6. The molecule has 1 aromatic carbocycles. The molecule has 0 N–H and O–H groups in total. The summed E-state index contributed by atoms with van der Waals surface area (Å²) in [4.78, 5) is 25.5. The lowest BCUT2D eigenvalue weighted by atomic mass is 10.1. The number of piperazine rings is 1. The number of anilines is 1. The van der Waals surface area contributed by atoms with Crippen LogP contribution in [0.1, 0.15) is 11.1 Å². The first kappa shape index (κ1) is 16.5. The molecule has 1 aliphatic rings. The molecule has 3 heterocycles. The zero-order chi connectivity index (χ0) is 18.1. The van der Waals surface area contributed by atoms with E-state index < -0.39 is 0 Å². The van der Waals surface area contributed by atoms with Gasteiger partial charge in [0, 0.05) is 33.2 Å². The van der Waals surface area contributed by atoms with Crippen molar-refractivity contribution in [2.45, 2.75) is 13.3 Å². The van der Waals surface area contributed by atoms with E-state index in [2.05, 4.69) is 39.0 Å². The van der Waals surface area contributed by atoms with Gasteiger partial charge in [-0.1, -0.05) is 29.8 Å². The SMILES string of the molecule is Cc1ccc(CC(=O)N2CCN(c3ncnc4c3cnn4C)CC2)cc1. The lowest BCUT2D eigenvalue weighted by Crippen LogP contribution is -2.49. The number of rotatable bonds is 3. The van der Waals surface area contributed by atoms with Crippen LogP contribution in [0.5, 0.6) is 0 Å². The number of hydrogen-bond acceptors (Lipinski definition) is 5. The number of carbonyl (C=O) groups is 1. The molecule has 7 heteroatoms. The van der Waals surface area contributed by atoms with Crippen LogP contribution in [0.15, 0.2) is 36.8 Å². The van der Waals surface area contributed by atoms with Gasteiger partial charge in [-0.3, -0.25) is 9.48 Å². The van der Waals surface area contributed by atoms with Gasteiger partial charge in [0.1, 0.15) is 12.1 Å². The highest BCUT2D eigenvalue weighted by atomic mass is 16.2. The van der Waals surface area contributed by atoms with Crippen molar-refractivity contribution in [3.8, 4) is 0 Å². The molecule has 0 radical (unpaired) electrons. The Morgan fingerprint density at radius 3 is 2.54 bits per heavy atom. The molecular formula is C19H22N6O. The number of aromatic nitrogens is 4. The van der Waals surface area contributed by atoms with Crippen LogP contribution in [0.2, 0.25) is 0 Å². The molecule has 134 valence electrons. The smallest absolute Gasteiger partial charge is 0.227 e. The predicted molar refractivity (Wildman–Crippen MR) is 100.0 cm³/mol. The molecule has 26 heavy (non-hydrogen) atoms. The standard InChI is InChI=1S/C19H22N6O/c1-14-3-5-15(6-4-14)11-17(26)24-7-9-25(10-8-24)19-16-12-22-23(2)18(16)20-13-21-19/h3-6,12-13H,7-11H2,1-2H3. The van der Waals surface area contributed by atoms with Gasteiger partial charge in [-0.25, -0.2) is 9.97 Å². The molecule has 4 rings (SSSR count). The fraction of sp³-hybridized carbons (Fsp3) is 0.368. The van der Waals surface area contributed by atoms with E-state index in [-0.39, 0.29) is 5.91 Å². The third kappa shape index (κ3) is 3.12. The van der Waals surface area contributed by atoms with Crippen molar-refractivity contribution in [1.29, 1.82) is 0 Å². The van der Waals surface area contributed by atoms with Crippen molar-refractivity contribution in [1.82, 2.24) is 24.6 Å². The fourth-order valence-electron chi connectivity index (χ4n) is 3.36. The van der Waals surface area contributed by atoms with Gasteiger partial charge < -0.3 is 9.80 Å². The first-order valence-corrected chi connectivity index (χ1v) is 8.83. The molecule has 0 spiro atoms. The molecule has 1 amide bonds. The fourth-order valence-corrected chi connectivity index (χ4v) is 3.36. The average Bonchev–Trinajstić information content (AvgIpc) is 3.05. The molecule has 1 saturated heterocycles.